The Bertz CT molecular complexity index is 295. The van der Waals surface area contributed by atoms with Crippen molar-refractivity contribution in [2.75, 3.05) is 0 Å². The Kier molecular flexibility index (Phi) is 5.94. The number of hydrogen-bond acceptors (Lipinski definition) is 0. The Morgan fingerprint density at radius 3 is 2.36 bits per heavy atom. The first-order chi connectivity index (χ1) is 6.40. The molecule has 0 aliphatic heterocycles. The Hall–Kier alpha value is -1.04. The lowest BCUT2D eigenvalue weighted by atomic mass is 10.1. The molecule has 0 unspecified atom stereocenters. The predicted molar refractivity (Wildman–Crippen MR) is 66.5 cm³/mol. The quantitative estimate of drug-likeness (QED) is 0.602. The molecular formula is C14H22. The molecule has 0 saturated carbocycles. The lowest BCUT2D eigenvalue weighted by Gasteiger charge is -1.95. The molecule has 0 heteroatoms. The Morgan fingerprint density at radius 1 is 1.14 bits per heavy atom. The van der Waals surface area contributed by atoms with Crippen molar-refractivity contribution in [2.24, 2.45) is 0 Å². The van der Waals surface area contributed by atoms with Crippen LogP contribution in [-0.2, 0) is 6.42 Å². The summed E-state index contributed by atoms with van der Waals surface area (Å²) in [6.45, 7) is 6.22. The molecule has 0 amide bonds. The van der Waals surface area contributed by atoms with E-state index in [0.29, 0.717) is 0 Å². The molecule has 0 bridgehead atoms. The molecule has 0 saturated heterocycles. The summed E-state index contributed by atoms with van der Waals surface area (Å²) in [4.78, 5) is 0. The summed E-state index contributed by atoms with van der Waals surface area (Å²) in [7, 11) is 0. The summed E-state index contributed by atoms with van der Waals surface area (Å²) in [5, 5.41) is 0. The van der Waals surface area contributed by atoms with E-state index >= 15 is 0 Å². The van der Waals surface area contributed by atoms with Gasteiger partial charge in [0.2, 0.25) is 0 Å². The van der Waals surface area contributed by atoms with E-state index in [1.807, 2.05) is 13.8 Å². The van der Waals surface area contributed by atoms with Crippen LogP contribution < -0.4 is 0 Å². The molecule has 0 radical (unpaired) electrons. The normalized spacial score (nSPS) is 11.8. The van der Waals surface area contributed by atoms with Crippen LogP contribution in [0.4, 0.5) is 0 Å². The zero-order valence-electron chi connectivity index (χ0n) is 8.80. The lowest BCUT2D eigenvalue weighted by Crippen LogP contribution is -1.81. The molecule has 0 heterocycles. The lowest BCUT2D eigenvalue weighted by molar-refractivity contribution is 1.04. The number of benzene rings is 1. The molecule has 78 valence electrons. The van der Waals surface area contributed by atoms with Crippen LogP contribution in [0.1, 0.15) is 45.7 Å². The van der Waals surface area contributed by atoms with Gasteiger partial charge >= 0.3 is 0 Å². The highest BCUT2D eigenvalue weighted by Gasteiger charge is 2.08. The van der Waals surface area contributed by atoms with Gasteiger partial charge in [0.05, 0.1) is 0 Å². The highest BCUT2D eigenvalue weighted by molar-refractivity contribution is 5.63. The summed E-state index contributed by atoms with van der Waals surface area (Å²) in [6, 6.07) is 8.63. The summed E-state index contributed by atoms with van der Waals surface area (Å²) >= 11 is 0. The maximum atomic E-state index is 2.31. The van der Waals surface area contributed by atoms with Crippen molar-refractivity contribution >= 4 is 6.08 Å². The molecule has 1 aromatic carbocycles. The van der Waals surface area contributed by atoms with E-state index in [1.165, 1.54) is 24.0 Å². The van der Waals surface area contributed by atoms with Gasteiger partial charge in [-0.05, 0) is 24.0 Å². The second-order valence-electron chi connectivity index (χ2n) is 3.03. The maximum Gasteiger partial charge on any atom is -0.00579 e. The minimum absolute atomic E-state index is 0. The van der Waals surface area contributed by atoms with Crippen molar-refractivity contribution in [1.82, 2.24) is 0 Å². The molecule has 14 heavy (non-hydrogen) atoms. The minimum Gasteiger partial charge on any atom is -0.0776 e. The molecule has 0 nitrogen and oxygen atoms in total. The van der Waals surface area contributed by atoms with Gasteiger partial charge < -0.3 is 0 Å². The molecule has 2 rings (SSSR count). The monoisotopic (exact) mass is 190 g/mol. The topological polar surface area (TPSA) is 0 Å². The fraction of sp³-hybridized carbons (Fsp3) is 0.429. The van der Waals surface area contributed by atoms with Gasteiger partial charge in [-0.25, -0.2) is 0 Å². The first-order valence-electron chi connectivity index (χ1n) is 5.17. The Morgan fingerprint density at radius 2 is 1.79 bits per heavy atom. The van der Waals surface area contributed by atoms with Crippen LogP contribution in [0.3, 0.4) is 0 Å². The van der Waals surface area contributed by atoms with Crippen LogP contribution in [0.2, 0.25) is 0 Å². The van der Waals surface area contributed by atoms with Gasteiger partial charge in [-0.1, -0.05) is 64.1 Å². The molecule has 0 N–H and O–H groups in total. The number of allylic oxidation sites excluding steroid dienone is 1. The van der Waals surface area contributed by atoms with Gasteiger partial charge in [-0.2, -0.15) is 0 Å². The van der Waals surface area contributed by atoms with Crippen LogP contribution in [0, 0.1) is 0 Å². The standard InChI is InChI=1S/C11H12.C2H6.CH4/c1-2-9-7-10-5-3-4-6-11(10)8-9;1-2;/h3-7H,2,8H2,1H3;1-2H3;1H4. The molecule has 0 atom stereocenters. The van der Waals surface area contributed by atoms with Gasteiger partial charge in [0.15, 0.2) is 0 Å². The van der Waals surface area contributed by atoms with Crippen LogP contribution >= 0.6 is 0 Å². The van der Waals surface area contributed by atoms with Gasteiger partial charge in [0, 0.05) is 0 Å². The number of hydrogen-bond donors (Lipinski definition) is 0. The Balaban J connectivity index is 0.000000531. The largest absolute Gasteiger partial charge is 0.0776 e. The summed E-state index contributed by atoms with van der Waals surface area (Å²) in [6.07, 6.45) is 4.68. The minimum atomic E-state index is 0. The van der Waals surface area contributed by atoms with Crippen molar-refractivity contribution in [3.8, 4) is 0 Å². The third-order valence-electron chi connectivity index (χ3n) is 2.29. The van der Waals surface area contributed by atoms with Crippen molar-refractivity contribution < 1.29 is 0 Å². The van der Waals surface area contributed by atoms with Gasteiger partial charge in [0.25, 0.3) is 0 Å². The Labute approximate surface area is 88.7 Å². The first kappa shape index (κ1) is 13.0. The van der Waals surface area contributed by atoms with E-state index in [0.717, 1.165) is 0 Å². The molecule has 1 aliphatic carbocycles. The van der Waals surface area contributed by atoms with Crippen molar-refractivity contribution in [1.29, 1.82) is 0 Å². The van der Waals surface area contributed by atoms with E-state index < -0.39 is 0 Å². The second kappa shape index (κ2) is 6.42. The van der Waals surface area contributed by atoms with E-state index in [4.69, 9.17) is 0 Å². The van der Waals surface area contributed by atoms with E-state index in [1.54, 1.807) is 5.57 Å². The molecule has 0 aromatic heterocycles. The smallest absolute Gasteiger partial charge is 0.00579 e. The highest BCUT2D eigenvalue weighted by atomic mass is 14.1. The SMILES string of the molecule is C.CC.CCC1=Cc2ccccc2C1. The molecule has 0 fully saturated rings. The van der Waals surface area contributed by atoms with E-state index in [-0.39, 0.29) is 7.43 Å². The van der Waals surface area contributed by atoms with Gasteiger partial charge in [-0.3, -0.25) is 0 Å². The van der Waals surface area contributed by atoms with Gasteiger partial charge in [-0.15, -0.1) is 0 Å². The highest BCUT2D eigenvalue weighted by Crippen LogP contribution is 2.25. The second-order valence-corrected chi connectivity index (χ2v) is 3.03. The average molecular weight is 190 g/mol. The number of fused-ring (bicyclic) bond motifs is 1. The number of rotatable bonds is 1. The maximum absolute atomic E-state index is 2.31. The summed E-state index contributed by atoms with van der Waals surface area (Å²) in [5.41, 5.74) is 4.47. The van der Waals surface area contributed by atoms with Gasteiger partial charge in [0.1, 0.15) is 0 Å². The van der Waals surface area contributed by atoms with E-state index in [2.05, 4.69) is 37.3 Å². The van der Waals surface area contributed by atoms with E-state index in [9.17, 15) is 0 Å². The summed E-state index contributed by atoms with van der Waals surface area (Å²) < 4.78 is 0. The average Bonchev–Trinajstić information content (AvgIpc) is 2.63. The third kappa shape index (κ3) is 2.73. The fourth-order valence-electron chi connectivity index (χ4n) is 1.58. The fourth-order valence-corrected chi connectivity index (χ4v) is 1.58. The predicted octanol–water partition coefficient (Wildman–Crippen LogP) is 4.70. The third-order valence-corrected chi connectivity index (χ3v) is 2.29. The zero-order valence-corrected chi connectivity index (χ0v) is 8.80. The van der Waals surface area contributed by atoms with Crippen LogP contribution in [0.15, 0.2) is 29.8 Å². The summed E-state index contributed by atoms with van der Waals surface area (Å²) in [5.74, 6) is 0. The first-order valence-corrected chi connectivity index (χ1v) is 5.17. The molecular weight excluding hydrogens is 168 g/mol. The molecule has 0 spiro atoms. The van der Waals surface area contributed by atoms with Crippen molar-refractivity contribution in [2.45, 2.75) is 41.0 Å². The molecule has 1 aromatic rings. The van der Waals surface area contributed by atoms with Crippen LogP contribution in [0.25, 0.3) is 6.08 Å². The van der Waals surface area contributed by atoms with Crippen molar-refractivity contribution in [3.63, 3.8) is 0 Å². The van der Waals surface area contributed by atoms with Crippen LogP contribution in [0.5, 0.6) is 0 Å². The van der Waals surface area contributed by atoms with Crippen LogP contribution in [-0.4, -0.2) is 0 Å². The van der Waals surface area contributed by atoms with Crippen molar-refractivity contribution in [3.05, 3.63) is 41.0 Å². The molecule has 1 aliphatic rings. The zero-order chi connectivity index (χ0) is 9.68.